The Morgan fingerprint density at radius 3 is 3.00 bits per heavy atom. The zero-order valence-corrected chi connectivity index (χ0v) is 12.1. The van der Waals surface area contributed by atoms with Gasteiger partial charge in [0.1, 0.15) is 0 Å². The molecule has 1 heterocycles. The van der Waals surface area contributed by atoms with Crippen LogP contribution in [0.15, 0.2) is 12.1 Å². The first kappa shape index (κ1) is 14.9. The molecule has 1 amide bonds. The van der Waals surface area contributed by atoms with Gasteiger partial charge in [-0.3, -0.25) is 4.79 Å². The van der Waals surface area contributed by atoms with Crippen LogP contribution in [0.4, 0.5) is 0 Å². The van der Waals surface area contributed by atoms with Crippen molar-refractivity contribution in [3.05, 3.63) is 22.7 Å². The Bertz CT molecular complexity index is 492. The summed E-state index contributed by atoms with van der Waals surface area (Å²) in [5.41, 5.74) is 0.443. The number of ether oxygens (including phenoxy) is 2. The normalized spacial score (nSPS) is 14.2. The largest absolute Gasteiger partial charge is 0.454 e. The molecule has 1 aliphatic heterocycles. The van der Waals surface area contributed by atoms with E-state index in [4.69, 9.17) is 26.2 Å². The molecule has 0 saturated heterocycles. The lowest BCUT2D eigenvalue weighted by molar-refractivity contribution is 0.0943. The summed E-state index contributed by atoms with van der Waals surface area (Å²) in [5, 5.41) is 12.1. The quantitative estimate of drug-likeness (QED) is 0.845. The fourth-order valence-electron chi connectivity index (χ4n) is 2.07. The molecule has 0 aliphatic carbocycles. The smallest absolute Gasteiger partial charge is 0.251 e. The van der Waals surface area contributed by atoms with Gasteiger partial charge in [-0.2, -0.15) is 0 Å². The van der Waals surface area contributed by atoms with Crippen LogP contribution in [0.3, 0.4) is 0 Å². The van der Waals surface area contributed by atoms with Crippen LogP contribution in [0, 0.1) is 5.92 Å². The Kier molecular flexibility index (Phi) is 5.09. The van der Waals surface area contributed by atoms with Crippen LogP contribution in [0.2, 0.25) is 5.02 Å². The molecule has 1 unspecified atom stereocenters. The van der Waals surface area contributed by atoms with Gasteiger partial charge in [-0.15, -0.1) is 0 Å². The highest BCUT2D eigenvalue weighted by atomic mass is 35.5. The first-order chi connectivity index (χ1) is 9.65. The first-order valence-corrected chi connectivity index (χ1v) is 7.01. The standard InChI is InChI=1S/C14H18ClNO4/c1-2-9(3-4-17)7-16-14(18)10-5-11(15)13-12(6-10)19-8-20-13/h5-6,9,17H,2-4,7-8H2,1H3,(H,16,18). The van der Waals surface area contributed by atoms with Crippen LogP contribution in [0.25, 0.3) is 0 Å². The van der Waals surface area contributed by atoms with Gasteiger partial charge < -0.3 is 19.9 Å². The SMILES string of the molecule is CCC(CCO)CNC(=O)c1cc(Cl)c2c(c1)OCO2. The van der Waals surface area contributed by atoms with E-state index in [2.05, 4.69) is 5.32 Å². The fourth-order valence-corrected chi connectivity index (χ4v) is 2.34. The summed E-state index contributed by atoms with van der Waals surface area (Å²) in [5.74, 6) is 1.04. The predicted molar refractivity (Wildman–Crippen MR) is 75.4 cm³/mol. The maximum atomic E-state index is 12.1. The van der Waals surface area contributed by atoms with E-state index < -0.39 is 0 Å². The second-order valence-electron chi connectivity index (χ2n) is 4.69. The van der Waals surface area contributed by atoms with E-state index in [-0.39, 0.29) is 25.2 Å². The molecule has 110 valence electrons. The van der Waals surface area contributed by atoms with Crippen molar-refractivity contribution in [2.75, 3.05) is 19.9 Å². The number of aliphatic hydroxyl groups is 1. The molecular formula is C14H18ClNO4. The molecule has 0 spiro atoms. The van der Waals surface area contributed by atoms with Crippen molar-refractivity contribution in [2.45, 2.75) is 19.8 Å². The molecular weight excluding hydrogens is 282 g/mol. The van der Waals surface area contributed by atoms with Crippen molar-refractivity contribution in [2.24, 2.45) is 5.92 Å². The summed E-state index contributed by atoms with van der Waals surface area (Å²) in [6.07, 6.45) is 1.58. The molecule has 1 aromatic carbocycles. The van der Waals surface area contributed by atoms with E-state index in [0.717, 1.165) is 6.42 Å². The van der Waals surface area contributed by atoms with E-state index in [1.807, 2.05) is 6.92 Å². The second-order valence-corrected chi connectivity index (χ2v) is 5.10. The van der Waals surface area contributed by atoms with E-state index in [1.54, 1.807) is 12.1 Å². The molecule has 1 atom stereocenters. The van der Waals surface area contributed by atoms with Gasteiger partial charge in [-0.05, 0) is 24.5 Å². The summed E-state index contributed by atoms with van der Waals surface area (Å²) in [6, 6.07) is 3.19. The minimum absolute atomic E-state index is 0.120. The summed E-state index contributed by atoms with van der Waals surface area (Å²) < 4.78 is 10.4. The maximum absolute atomic E-state index is 12.1. The van der Waals surface area contributed by atoms with Gasteiger partial charge in [0.25, 0.3) is 5.91 Å². The highest BCUT2D eigenvalue weighted by Gasteiger charge is 2.20. The minimum atomic E-state index is -0.207. The monoisotopic (exact) mass is 299 g/mol. The van der Waals surface area contributed by atoms with Gasteiger partial charge in [0.15, 0.2) is 11.5 Å². The van der Waals surface area contributed by atoms with Gasteiger partial charge in [0.05, 0.1) is 5.02 Å². The lowest BCUT2D eigenvalue weighted by Crippen LogP contribution is -2.29. The van der Waals surface area contributed by atoms with E-state index in [9.17, 15) is 4.79 Å². The van der Waals surface area contributed by atoms with Crippen LogP contribution in [-0.2, 0) is 0 Å². The number of nitrogens with one attached hydrogen (secondary N) is 1. The molecule has 0 bridgehead atoms. The molecule has 5 nitrogen and oxygen atoms in total. The van der Waals surface area contributed by atoms with E-state index in [0.29, 0.717) is 35.1 Å². The molecule has 1 aliphatic rings. The van der Waals surface area contributed by atoms with Crippen LogP contribution in [0.1, 0.15) is 30.1 Å². The second kappa shape index (κ2) is 6.81. The number of fused-ring (bicyclic) bond motifs is 1. The predicted octanol–water partition coefficient (Wildman–Crippen LogP) is 2.21. The third-order valence-electron chi connectivity index (χ3n) is 3.36. The lowest BCUT2D eigenvalue weighted by Gasteiger charge is -2.14. The zero-order chi connectivity index (χ0) is 14.5. The summed E-state index contributed by atoms with van der Waals surface area (Å²) in [4.78, 5) is 12.1. The number of carbonyl (C=O) groups excluding carboxylic acids is 1. The van der Waals surface area contributed by atoms with Crippen molar-refractivity contribution < 1.29 is 19.4 Å². The highest BCUT2D eigenvalue weighted by molar-refractivity contribution is 6.32. The Labute approximate surface area is 122 Å². The van der Waals surface area contributed by atoms with Gasteiger partial charge >= 0.3 is 0 Å². The van der Waals surface area contributed by atoms with Crippen molar-refractivity contribution in [3.8, 4) is 11.5 Å². The number of carbonyl (C=O) groups is 1. The Balaban J connectivity index is 2.01. The number of benzene rings is 1. The zero-order valence-electron chi connectivity index (χ0n) is 11.3. The fraction of sp³-hybridized carbons (Fsp3) is 0.500. The molecule has 0 saturated carbocycles. The molecule has 1 aromatic rings. The Hall–Kier alpha value is -1.46. The number of aliphatic hydroxyl groups excluding tert-OH is 1. The molecule has 20 heavy (non-hydrogen) atoms. The van der Waals surface area contributed by atoms with Crippen molar-refractivity contribution in [3.63, 3.8) is 0 Å². The Morgan fingerprint density at radius 1 is 1.50 bits per heavy atom. The topological polar surface area (TPSA) is 67.8 Å². The molecule has 0 aromatic heterocycles. The van der Waals surface area contributed by atoms with E-state index in [1.165, 1.54) is 0 Å². The number of rotatable bonds is 6. The summed E-state index contributed by atoms with van der Waals surface area (Å²) in [6.45, 7) is 2.81. The third kappa shape index (κ3) is 3.35. The van der Waals surface area contributed by atoms with E-state index >= 15 is 0 Å². The van der Waals surface area contributed by atoms with Crippen LogP contribution in [0.5, 0.6) is 11.5 Å². The summed E-state index contributed by atoms with van der Waals surface area (Å²) in [7, 11) is 0. The maximum Gasteiger partial charge on any atom is 0.251 e. The van der Waals surface area contributed by atoms with Crippen LogP contribution < -0.4 is 14.8 Å². The minimum Gasteiger partial charge on any atom is -0.454 e. The molecule has 6 heteroatoms. The summed E-state index contributed by atoms with van der Waals surface area (Å²) >= 11 is 6.04. The van der Waals surface area contributed by atoms with Crippen LogP contribution >= 0.6 is 11.6 Å². The number of halogens is 1. The number of amides is 1. The van der Waals surface area contributed by atoms with Crippen LogP contribution in [-0.4, -0.2) is 31.0 Å². The highest BCUT2D eigenvalue weighted by Crippen LogP contribution is 2.39. The molecule has 0 fully saturated rings. The van der Waals surface area contributed by atoms with Gasteiger partial charge in [-0.25, -0.2) is 0 Å². The first-order valence-electron chi connectivity index (χ1n) is 6.64. The van der Waals surface area contributed by atoms with Crippen molar-refractivity contribution in [1.29, 1.82) is 0 Å². The van der Waals surface area contributed by atoms with Gasteiger partial charge in [0.2, 0.25) is 6.79 Å². The van der Waals surface area contributed by atoms with Gasteiger partial charge in [-0.1, -0.05) is 24.9 Å². The number of hydrogen-bond donors (Lipinski definition) is 2. The van der Waals surface area contributed by atoms with Crippen molar-refractivity contribution >= 4 is 17.5 Å². The molecule has 2 N–H and O–H groups in total. The Morgan fingerprint density at radius 2 is 2.30 bits per heavy atom. The average molecular weight is 300 g/mol. The molecule has 2 rings (SSSR count). The lowest BCUT2D eigenvalue weighted by atomic mass is 10.0. The average Bonchev–Trinajstić information content (AvgIpc) is 2.92. The third-order valence-corrected chi connectivity index (χ3v) is 3.64. The van der Waals surface area contributed by atoms with Gasteiger partial charge in [0, 0.05) is 18.7 Å². The number of hydrogen-bond acceptors (Lipinski definition) is 4. The van der Waals surface area contributed by atoms with Crippen molar-refractivity contribution in [1.82, 2.24) is 5.32 Å². The molecule has 0 radical (unpaired) electrons.